The molecule has 3 N–H and O–H groups in total. The van der Waals surface area contributed by atoms with Crippen molar-refractivity contribution < 1.29 is 5.11 Å². The van der Waals surface area contributed by atoms with Crippen molar-refractivity contribution in [2.24, 2.45) is 10.7 Å². The van der Waals surface area contributed by atoms with Crippen LogP contribution in [0.5, 0.6) is 5.75 Å². The van der Waals surface area contributed by atoms with E-state index in [9.17, 15) is 5.11 Å². The fourth-order valence-corrected chi connectivity index (χ4v) is 1.27. The third kappa shape index (κ3) is 3.48. The maximum atomic E-state index is 9.81. The van der Waals surface area contributed by atoms with Crippen molar-refractivity contribution in [1.82, 2.24) is 0 Å². The SMILES string of the molecule is CN(C)c1ccc(C=N/C(C#N)=C(\N)C#N)c(O)c1. The summed E-state index contributed by atoms with van der Waals surface area (Å²) in [4.78, 5) is 5.63. The molecular formula is C13H13N5O. The number of benzene rings is 1. The Morgan fingerprint density at radius 1 is 1.37 bits per heavy atom. The van der Waals surface area contributed by atoms with Crippen LogP contribution in [0.4, 0.5) is 5.69 Å². The van der Waals surface area contributed by atoms with Crippen LogP contribution in [0.15, 0.2) is 34.6 Å². The molecule has 0 fully saturated rings. The predicted molar refractivity (Wildman–Crippen MR) is 72.5 cm³/mol. The molecule has 0 spiro atoms. The van der Waals surface area contributed by atoms with E-state index in [1.54, 1.807) is 30.3 Å². The van der Waals surface area contributed by atoms with E-state index in [0.29, 0.717) is 5.56 Å². The lowest BCUT2D eigenvalue weighted by molar-refractivity contribution is 0.474. The molecule has 19 heavy (non-hydrogen) atoms. The number of allylic oxidation sites excluding steroid dienone is 2. The topological polar surface area (TPSA) is 109 Å². The van der Waals surface area contributed by atoms with E-state index >= 15 is 0 Å². The van der Waals surface area contributed by atoms with Crippen LogP contribution >= 0.6 is 0 Å². The highest BCUT2D eigenvalue weighted by atomic mass is 16.3. The average molecular weight is 255 g/mol. The van der Waals surface area contributed by atoms with Crippen LogP contribution < -0.4 is 10.6 Å². The Kier molecular flexibility index (Phi) is 4.50. The second-order valence-electron chi connectivity index (χ2n) is 3.88. The minimum Gasteiger partial charge on any atom is -0.507 e. The Balaban J connectivity index is 3.09. The Morgan fingerprint density at radius 2 is 2.05 bits per heavy atom. The molecule has 0 saturated heterocycles. The molecule has 0 atom stereocenters. The van der Waals surface area contributed by atoms with E-state index in [0.717, 1.165) is 5.69 Å². The number of anilines is 1. The van der Waals surface area contributed by atoms with Crippen molar-refractivity contribution >= 4 is 11.9 Å². The lowest BCUT2D eigenvalue weighted by Gasteiger charge is -2.12. The van der Waals surface area contributed by atoms with Crippen LogP contribution in [-0.2, 0) is 0 Å². The summed E-state index contributed by atoms with van der Waals surface area (Å²) in [6, 6.07) is 8.39. The molecule has 0 amide bonds. The minimum absolute atomic E-state index is 0.0303. The van der Waals surface area contributed by atoms with Gasteiger partial charge in [-0.1, -0.05) is 0 Å². The van der Waals surface area contributed by atoms with Gasteiger partial charge in [0.2, 0.25) is 0 Å². The fraction of sp³-hybridized carbons (Fsp3) is 0.154. The number of rotatable bonds is 3. The summed E-state index contributed by atoms with van der Waals surface area (Å²) in [6.45, 7) is 0. The number of phenols is 1. The number of phenolic OH excluding ortho intramolecular Hbond substituents is 1. The summed E-state index contributed by atoms with van der Waals surface area (Å²) in [6.07, 6.45) is 1.29. The molecule has 0 unspecified atom stereocenters. The Labute approximate surface area is 111 Å². The van der Waals surface area contributed by atoms with Crippen LogP contribution in [0, 0.1) is 22.7 Å². The molecule has 0 saturated carbocycles. The summed E-state index contributed by atoms with van der Waals surface area (Å²) in [5, 5.41) is 27.2. The third-order valence-corrected chi connectivity index (χ3v) is 2.34. The average Bonchev–Trinajstić information content (AvgIpc) is 2.40. The summed E-state index contributed by atoms with van der Waals surface area (Å²) in [5.74, 6) is 0.0303. The number of hydrogen-bond acceptors (Lipinski definition) is 6. The van der Waals surface area contributed by atoms with Gasteiger partial charge in [-0.05, 0) is 12.1 Å². The van der Waals surface area contributed by atoms with Gasteiger partial charge < -0.3 is 15.7 Å². The van der Waals surface area contributed by atoms with Crippen LogP contribution in [0.1, 0.15) is 5.56 Å². The minimum atomic E-state index is -0.261. The number of nitriles is 2. The van der Waals surface area contributed by atoms with Gasteiger partial charge in [0.25, 0.3) is 0 Å². The normalized spacial score (nSPS) is 11.6. The largest absolute Gasteiger partial charge is 0.507 e. The summed E-state index contributed by atoms with van der Waals surface area (Å²) in [5.41, 5.74) is 6.13. The van der Waals surface area contributed by atoms with E-state index < -0.39 is 0 Å². The van der Waals surface area contributed by atoms with Crippen LogP contribution in [0.2, 0.25) is 0 Å². The Hall–Kier alpha value is -2.99. The Morgan fingerprint density at radius 3 is 2.53 bits per heavy atom. The molecule has 0 heterocycles. The van der Waals surface area contributed by atoms with Gasteiger partial charge in [-0.15, -0.1) is 0 Å². The lowest BCUT2D eigenvalue weighted by atomic mass is 10.2. The van der Waals surface area contributed by atoms with Crippen LogP contribution in [-0.4, -0.2) is 25.4 Å². The van der Waals surface area contributed by atoms with E-state index in [1.807, 2.05) is 19.0 Å². The number of aliphatic imine (C=N–C) groups is 1. The first-order valence-corrected chi connectivity index (χ1v) is 5.34. The van der Waals surface area contributed by atoms with Crippen molar-refractivity contribution in [1.29, 1.82) is 10.5 Å². The van der Waals surface area contributed by atoms with Gasteiger partial charge >= 0.3 is 0 Å². The molecule has 0 aliphatic heterocycles. The first kappa shape index (κ1) is 14.1. The van der Waals surface area contributed by atoms with E-state index in [4.69, 9.17) is 16.3 Å². The number of hydrogen-bond donors (Lipinski definition) is 2. The van der Waals surface area contributed by atoms with Crippen LogP contribution in [0.25, 0.3) is 0 Å². The summed E-state index contributed by atoms with van der Waals surface area (Å²) >= 11 is 0. The molecule has 0 radical (unpaired) electrons. The standard InChI is InChI=1S/C13H13N5O/c1-18(2)10-4-3-9(13(19)5-10)8-17-12(7-15)11(16)6-14/h3-5,8,19H,16H2,1-2H3/b12-11-,17-8?. The molecule has 1 rings (SSSR count). The smallest absolute Gasteiger partial charge is 0.174 e. The van der Waals surface area contributed by atoms with Gasteiger partial charge in [0.15, 0.2) is 5.70 Å². The van der Waals surface area contributed by atoms with Crippen molar-refractivity contribution in [3.8, 4) is 17.9 Å². The number of aromatic hydroxyl groups is 1. The van der Waals surface area contributed by atoms with Crippen molar-refractivity contribution in [2.75, 3.05) is 19.0 Å². The lowest BCUT2D eigenvalue weighted by Crippen LogP contribution is -2.08. The maximum absolute atomic E-state index is 9.81. The molecule has 6 heteroatoms. The summed E-state index contributed by atoms with van der Waals surface area (Å²) in [7, 11) is 3.71. The van der Waals surface area contributed by atoms with Gasteiger partial charge in [0.05, 0.1) is 0 Å². The second kappa shape index (κ2) is 6.08. The molecule has 6 nitrogen and oxygen atoms in total. The zero-order chi connectivity index (χ0) is 14.4. The van der Waals surface area contributed by atoms with Gasteiger partial charge in [-0.3, -0.25) is 0 Å². The fourth-order valence-electron chi connectivity index (χ4n) is 1.27. The molecular weight excluding hydrogens is 242 g/mol. The van der Waals surface area contributed by atoms with Gasteiger partial charge in [0.1, 0.15) is 23.6 Å². The molecule has 0 aliphatic carbocycles. The van der Waals surface area contributed by atoms with E-state index in [1.165, 1.54) is 6.21 Å². The quantitative estimate of drug-likeness (QED) is 0.620. The number of nitrogens with two attached hydrogens (primary N) is 1. The van der Waals surface area contributed by atoms with Crippen molar-refractivity contribution in [2.45, 2.75) is 0 Å². The molecule has 0 aliphatic rings. The molecule has 0 bridgehead atoms. The van der Waals surface area contributed by atoms with Crippen molar-refractivity contribution in [3.05, 3.63) is 35.2 Å². The monoisotopic (exact) mass is 255 g/mol. The zero-order valence-electron chi connectivity index (χ0n) is 10.6. The van der Waals surface area contributed by atoms with Crippen LogP contribution in [0.3, 0.4) is 0 Å². The summed E-state index contributed by atoms with van der Waals surface area (Å²) < 4.78 is 0. The van der Waals surface area contributed by atoms with E-state index in [2.05, 4.69) is 4.99 Å². The van der Waals surface area contributed by atoms with Gasteiger partial charge in [-0.2, -0.15) is 10.5 Å². The molecule has 1 aromatic carbocycles. The number of nitrogens with zero attached hydrogens (tertiary/aromatic N) is 4. The van der Waals surface area contributed by atoms with Gasteiger partial charge in [-0.25, -0.2) is 4.99 Å². The molecule has 1 aromatic rings. The first-order chi connectivity index (χ1) is 8.99. The molecule has 96 valence electrons. The highest BCUT2D eigenvalue weighted by Crippen LogP contribution is 2.22. The first-order valence-electron chi connectivity index (χ1n) is 5.34. The predicted octanol–water partition coefficient (Wildman–Crippen LogP) is 1.09. The van der Waals surface area contributed by atoms with Gasteiger partial charge in [0, 0.05) is 37.6 Å². The Bertz CT molecular complexity index is 617. The highest BCUT2D eigenvalue weighted by molar-refractivity contribution is 5.85. The third-order valence-electron chi connectivity index (χ3n) is 2.34. The van der Waals surface area contributed by atoms with Crippen molar-refractivity contribution in [3.63, 3.8) is 0 Å². The second-order valence-corrected chi connectivity index (χ2v) is 3.88. The van der Waals surface area contributed by atoms with E-state index in [-0.39, 0.29) is 17.1 Å². The maximum Gasteiger partial charge on any atom is 0.174 e. The molecule has 0 aromatic heterocycles. The zero-order valence-corrected chi connectivity index (χ0v) is 10.6. The highest BCUT2D eigenvalue weighted by Gasteiger charge is 2.03.